The van der Waals surface area contributed by atoms with Crippen molar-refractivity contribution in [2.45, 2.75) is 26.9 Å². The highest BCUT2D eigenvalue weighted by molar-refractivity contribution is 9.10. The molecule has 4 heteroatoms. The lowest BCUT2D eigenvalue weighted by atomic mass is 10.2. The molecular weight excluding hydrogens is 270 g/mol. The molecule has 0 bridgehead atoms. The second kappa shape index (κ2) is 4.49. The van der Waals surface area contributed by atoms with Crippen molar-refractivity contribution in [3.63, 3.8) is 0 Å². The minimum absolute atomic E-state index is 0.0948. The lowest BCUT2D eigenvalue weighted by Gasteiger charge is -2.14. The van der Waals surface area contributed by atoms with Crippen molar-refractivity contribution in [2.75, 3.05) is 0 Å². The summed E-state index contributed by atoms with van der Waals surface area (Å²) in [6.45, 7) is 5.32. The fourth-order valence-electron chi connectivity index (χ4n) is 1.01. The smallest absolute Gasteiger partial charge is 0.174 e. The van der Waals surface area contributed by atoms with E-state index in [1.807, 2.05) is 13.8 Å². The molecular formula is C10H11BrClFO. The molecule has 0 aromatic heterocycles. The molecule has 0 heterocycles. The average Bonchev–Trinajstić information content (AvgIpc) is 2.09. The zero-order chi connectivity index (χ0) is 10.9. The summed E-state index contributed by atoms with van der Waals surface area (Å²) >= 11 is 9.07. The number of hydrogen-bond acceptors (Lipinski definition) is 1. The SMILES string of the molecule is Cc1c(Br)cc(Cl)c(OC(C)C)c1F. The van der Waals surface area contributed by atoms with Gasteiger partial charge < -0.3 is 4.74 Å². The van der Waals surface area contributed by atoms with Crippen LogP contribution in [-0.2, 0) is 0 Å². The van der Waals surface area contributed by atoms with E-state index in [1.165, 1.54) is 0 Å². The van der Waals surface area contributed by atoms with E-state index in [0.29, 0.717) is 10.0 Å². The zero-order valence-electron chi connectivity index (χ0n) is 8.20. The molecule has 78 valence electrons. The summed E-state index contributed by atoms with van der Waals surface area (Å²) in [5.41, 5.74) is 0.505. The Hall–Kier alpha value is -0.280. The van der Waals surface area contributed by atoms with Crippen LogP contribution in [0.4, 0.5) is 4.39 Å². The van der Waals surface area contributed by atoms with Crippen LogP contribution in [0.5, 0.6) is 5.75 Å². The first-order chi connectivity index (χ1) is 6.43. The molecule has 0 saturated heterocycles. The van der Waals surface area contributed by atoms with Crippen molar-refractivity contribution in [1.82, 2.24) is 0 Å². The van der Waals surface area contributed by atoms with Gasteiger partial charge in [0.25, 0.3) is 0 Å². The summed E-state index contributed by atoms with van der Waals surface area (Å²) in [6.07, 6.45) is -0.0948. The van der Waals surface area contributed by atoms with Crippen molar-refractivity contribution < 1.29 is 9.13 Å². The van der Waals surface area contributed by atoms with Crippen molar-refractivity contribution in [3.8, 4) is 5.75 Å². The van der Waals surface area contributed by atoms with Crippen molar-refractivity contribution in [1.29, 1.82) is 0 Å². The molecule has 0 radical (unpaired) electrons. The highest BCUT2D eigenvalue weighted by Gasteiger charge is 2.15. The molecule has 0 atom stereocenters. The maximum atomic E-state index is 13.6. The van der Waals surface area contributed by atoms with Gasteiger partial charge >= 0.3 is 0 Å². The van der Waals surface area contributed by atoms with Crippen LogP contribution in [0, 0.1) is 12.7 Å². The van der Waals surface area contributed by atoms with Gasteiger partial charge in [-0.15, -0.1) is 0 Å². The van der Waals surface area contributed by atoms with E-state index in [1.54, 1.807) is 13.0 Å². The minimum Gasteiger partial charge on any atom is -0.486 e. The van der Waals surface area contributed by atoms with Gasteiger partial charge in [0.15, 0.2) is 11.6 Å². The second-order valence-electron chi connectivity index (χ2n) is 3.27. The summed E-state index contributed by atoms with van der Waals surface area (Å²) in [4.78, 5) is 0. The van der Waals surface area contributed by atoms with Gasteiger partial charge in [-0.2, -0.15) is 0 Å². The van der Waals surface area contributed by atoms with E-state index < -0.39 is 5.82 Å². The van der Waals surface area contributed by atoms with Crippen LogP contribution in [0.25, 0.3) is 0 Å². The van der Waals surface area contributed by atoms with Crippen LogP contribution >= 0.6 is 27.5 Å². The summed E-state index contributed by atoms with van der Waals surface area (Å²) in [7, 11) is 0. The highest BCUT2D eigenvalue weighted by Crippen LogP contribution is 2.35. The Kier molecular flexibility index (Phi) is 3.78. The Morgan fingerprint density at radius 1 is 1.50 bits per heavy atom. The molecule has 0 aliphatic heterocycles. The first-order valence-corrected chi connectivity index (χ1v) is 5.41. The maximum absolute atomic E-state index is 13.6. The molecule has 0 N–H and O–H groups in total. The van der Waals surface area contributed by atoms with Gasteiger partial charge in [-0.3, -0.25) is 0 Å². The fraction of sp³-hybridized carbons (Fsp3) is 0.400. The van der Waals surface area contributed by atoms with Gasteiger partial charge in [0.1, 0.15) is 0 Å². The third-order valence-corrected chi connectivity index (χ3v) is 2.82. The molecule has 1 aromatic carbocycles. The predicted molar refractivity (Wildman–Crippen MR) is 59.6 cm³/mol. The highest BCUT2D eigenvalue weighted by atomic mass is 79.9. The normalized spacial score (nSPS) is 10.8. The van der Waals surface area contributed by atoms with E-state index in [4.69, 9.17) is 16.3 Å². The van der Waals surface area contributed by atoms with Crippen LogP contribution in [0.15, 0.2) is 10.5 Å². The third kappa shape index (κ3) is 2.39. The minimum atomic E-state index is -0.405. The Balaban J connectivity index is 3.22. The number of benzene rings is 1. The Bertz CT molecular complexity index is 352. The monoisotopic (exact) mass is 280 g/mol. The van der Waals surface area contributed by atoms with Gasteiger partial charge in [0.05, 0.1) is 11.1 Å². The van der Waals surface area contributed by atoms with Crippen LogP contribution in [0.1, 0.15) is 19.4 Å². The van der Waals surface area contributed by atoms with Crippen LogP contribution < -0.4 is 4.74 Å². The van der Waals surface area contributed by atoms with Crippen LogP contribution in [0.3, 0.4) is 0 Å². The molecule has 0 saturated carbocycles. The number of halogens is 3. The van der Waals surface area contributed by atoms with Gasteiger partial charge in [-0.1, -0.05) is 27.5 Å². The molecule has 0 unspecified atom stereocenters. The van der Waals surface area contributed by atoms with Crippen LogP contribution in [-0.4, -0.2) is 6.10 Å². The number of hydrogen-bond donors (Lipinski definition) is 0. The topological polar surface area (TPSA) is 9.23 Å². The van der Waals surface area contributed by atoms with Crippen LogP contribution in [0.2, 0.25) is 5.02 Å². The molecule has 1 aromatic rings. The molecule has 0 aliphatic carbocycles. The summed E-state index contributed by atoms with van der Waals surface area (Å²) in [5, 5.41) is 0.286. The van der Waals surface area contributed by atoms with E-state index in [9.17, 15) is 4.39 Å². The van der Waals surface area contributed by atoms with Crippen molar-refractivity contribution in [2.24, 2.45) is 0 Å². The maximum Gasteiger partial charge on any atom is 0.174 e. The molecule has 1 nitrogen and oxygen atoms in total. The van der Waals surface area contributed by atoms with E-state index >= 15 is 0 Å². The lowest BCUT2D eigenvalue weighted by Crippen LogP contribution is -2.08. The average molecular weight is 282 g/mol. The third-order valence-electron chi connectivity index (χ3n) is 1.71. The van der Waals surface area contributed by atoms with E-state index in [0.717, 1.165) is 0 Å². The molecule has 0 aliphatic rings. The standard InChI is InChI=1S/C10H11BrClFO/c1-5(2)14-10-8(12)4-7(11)6(3)9(10)13/h4-5H,1-3H3. The molecule has 0 spiro atoms. The van der Waals surface area contributed by atoms with Gasteiger partial charge in [0, 0.05) is 10.0 Å². The molecule has 0 fully saturated rings. The Morgan fingerprint density at radius 2 is 2.07 bits per heavy atom. The first-order valence-electron chi connectivity index (χ1n) is 4.24. The van der Waals surface area contributed by atoms with Gasteiger partial charge in [-0.25, -0.2) is 4.39 Å². The molecule has 1 rings (SSSR count). The fourth-order valence-corrected chi connectivity index (χ4v) is 1.78. The quantitative estimate of drug-likeness (QED) is 0.783. The Labute approximate surface area is 96.3 Å². The molecule has 14 heavy (non-hydrogen) atoms. The number of ether oxygens (including phenoxy) is 1. The lowest BCUT2D eigenvalue weighted by molar-refractivity contribution is 0.231. The summed E-state index contributed by atoms with van der Waals surface area (Å²) < 4.78 is 19.6. The molecule has 0 amide bonds. The predicted octanol–water partition coefficient (Wildman–Crippen LogP) is 4.34. The summed E-state index contributed by atoms with van der Waals surface area (Å²) in [6, 6.07) is 1.64. The largest absolute Gasteiger partial charge is 0.486 e. The van der Waals surface area contributed by atoms with Gasteiger partial charge in [0.2, 0.25) is 0 Å². The first kappa shape index (κ1) is 11.8. The van der Waals surface area contributed by atoms with E-state index in [-0.39, 0.29) is 16.9 Å². The second-order valence-corrected chi connectivity index (χ2v) is 4.54. The Morgan fingerprint density at radius 3 is 2.57 bits per heavy atom. The summed E-state index contributed by atoms with van der Waals surface area (Å²) in [5.74, 6) is -0.277. The zero-order valence-corrected chi connectivity index (χ0v) is 10.5. The number of rotatable bonds is 2. The van der Waals surface area contributed by atoms with Crippen molar-refractivity contribution in [3.05, 3.63) is 26.9 Å². The van der Waals surface area contributed by atoms with E-state index in [2.05, 4.69) is 15.9 Å². The van der Waals surface area contributed by atoms with Gasteiger partial charge in [-0.05, 0) is 26.8 Å². The van der Waals surface area contributed by atoms with Crippen molar-refractivity contribution >= 4 is 27.5 Å².